The maximum absolute atomic E-state index is 13.1. The van der Waals surface area contributed by atoms with Gasteiger partial charge in [-0.05, 0) is 114 Å². The summed E-state index contributed by atoms with van der Waals surface area (Å²) in [6.45, 7) is 9.41. The fraction of sp³-hybridized carbons (Fsp3) is 0.227. The van der Waals surface area contributed by atoms with Crippen LogP contribution in [-0.2, 0) is 20.7 Å². The molecule has 0 N–H and O–H groups in total. The molecule has 0 amide bonds. The first-order valence-corrected chi connectivity index (χ1v) is 17.7. The van der Waals surface area contributed by atoms with Gasteiger partial charge in [-0.25, -0.2) is 14.4 Å². The highest BCUT2D eigenvalue weighted by atomic mass is 16.5. The van der Waals surface area contributed by atoms with Gasteiger partial charge in [0, 0.05) is 18.1 Å². The molecule has 0 unspecified atom stereocenters. The summed E-state index contributed by atoms with van der Waals surface area (Å²) in [6, 6.07) is 26.2. The van der Waals surface area contributed by atoms with Crippen LogP contribution in [0.3, 0.4) is 0 Å². The second kappa shape index (κ2) is 18.9. The minimum absolute atomic E-state index is 0.266. The molecule has 9 heteroatoms. The summed E-state index contributed by atoms with van der Waals surface area (Å²) in [6.07, 6.45) is 8.63. The van der Waals surface area contributed by atoms with Gasteiger partial charge in [-0.3, -0.25) is 4.79 Å². The molecule has 0 spiro atoms. The van der Waals surface area contributed by atoms with Gasteiger partial charge in [0.2, 0.25) is 0 Å². The van der Waals surface area contributed by atoms with Gasteiger partial charge in [0.15, 0.2) is 0 Å². The van der Waals surface area contributed by atoms with Crippen LogP contribution in [0.4, 0.5) is 0 Å². The van der Waals surface area contributed by atoms with E-state index in [9.17, 15) is 19.2 Å². The Hall–Kier alpha value is -6.22. The lowest BCUT2D eigenvalue weighted by molar-refractivity contribution is -0.138. The second-order valence-corrected chi connectivity index (χ2v) is 12.3. The fourth-order valence-electron chi connectivity index (χ4n) is 5.84. The van der Waals surface area contributed by atoms with Gasteiger partial charge in [-0.2, -0.15) is 0 Å². The Morgan fingerprint density at radius 2 is 1.26 bits per heavy atom. The molecule has 0 saturated carbocycles. The Balaban J connectivity index is 1.22. The maximum atomic E-state index is 13.1. The Kier molecular flexibility index (Phi) is 13.5. The second-order valence-electron chi connectivity index (χ2n) is 12.3. The predicted octanol–water partition coefficient (Wildman–Crippen LogP) is 9.88. The number of benzene rings is 5. The van der Waals surface area contributed by atoms with Crippen LogP contribution in [0.25, 0.3) is 21.5 Å². The molecule has 0 radical (unpaired) electrons. The van der Waals surface area contributed by atoms with Crippen molar-refractivity contribution in [2.45, 2.75) is 58.3 Å². The van der Waals surface area contributed by atoms with Crippen molar-refractivity contribution in [3.63, 3.8) is 0 Å². The number of rotatable bonds is 18. The van der Waals surface area contributed by atoms with Gasteiger partial charge in [0.05, 0.1) is 24.0 Å². The number of fused-ring (bicyclic) bond motifs is 3. The largest absolute Gasteiger partial charge is 0.494 e. The lowest BCUT2D eigenvalue weighted by Crippen LogP contribution is -2.10. The van der Waals surface area contributed by atoms with Crippen LogP contribution in [0.2, 0.25) is 0 Å². The van der Waals surface area contributed by atoms with E-state index < -0.39 is 17.9 Å². The molecular weight excluding hydrogens is 672 g/mol. The van der Waals surface area contributed by atoms with Crippen molar-refractivity contribution in [2.75, 3.05) is 6.61 Å². The van der Waals surface area contributed by atoms with Gasteiger partial charge < -0.3 is 23.7 Å². The maximum Gasteiger partial charge on any atom is 0.343 e. The summed E-state index contributed by atoms with van der Waals surface area (Å²) in [4.78, 5) is 49.1. The van der Waals surface area contributed by atoms with E-state index in [1.54, 1.807) is 42.5 Å². The van der Waals surface area contributed by atoms with Crippen molar-refractivity contribution in [1.29, 1.82) is 0 Å². The van der Waals surface area contributed by atoms with Crippen molar-refractivity contribution in [3.8, 4) is 23.0 Å². The molecule has 0 aliphatic carbocycles. The summed E-state index contributed by atoms with van der Waals surface area (Å²) >= 11 is 0. The number of esters is 4. The third-order valence-electron chi connectivity index (χ3n) is 8.57. The Bertz CT molecular complexity index is 2100. The van der Waals surface area contributed by atoms with Crippen LogP contribution in [0.5, 0.6) is 23.0 Å². The zero-order chi connectivity index (χ0) is 37.6. The van der Waals surface area contributed by atoms with Crippen LogP contribution in [0.15, 0.2) is 116 Å². The van der Waals surface area contributed by atoms with Crippen LogP contribution in [-0.4, -0.2) is 30.5 Å². The molecule has 0 aromatic heterocycles. The average molecular weight is 715 g/mol. The Morgan fingerprint density at radius 1 is 0.623 bits per heavy atom. The number of hydrogen-bond donors (Lipinski definition) is 0. The van der Waals surface area contributed by atoms with E-state index in [0.717, 1.165) is 78.0 Å². The SMILES string of the molecule is C=COC(=O)CCCCCCOc1ccc(OC(=O)c2ccc3c(ccc4c(CCCC)c(OC(=O)c5ccc(OC(=O)C=C)cc5)ccc43)c2)cc1. The zero-order valence-corrected chi connectivity index (χ0v) is 29.8. The van der Waals surface area contributed by atoms with Gasteiger partial charge in [0.1, 0.15) is 23.0 Å². The molecule has 5 aromatic carbocycles. The minimum Gasteiger partial charge on any atom is -0.494 e. The first kappa shape index (κ1) is 38.0. The molecule has 272 valence electrons. The highest BCUT2D eigenvalue weighted by molar-refractivity contribution is 6.11. The molecule has 5 rings (SSSR count). The summed E-state index contributed by atoms with van der Waals surface area (Å²) in [5.74, 6) is 0.00635. The molecular formula is C44H42O9. The van der Waals surface area contributed by atoms with Crippen LogP contribution in [0, 0.1) is 0 Å². The molecule has 9 nitrogen and oxygen atoms in total. The fourth-order valence-corrected chi connectivity index (χ4v) is 5.84. The highest BCUT2D eigenvalue weighted by Gasteiger charge is 2.17. The molecule has 53 heavy (non-hydrogen) atoms. The van der Waals surface area contributed by atoms with Gasteiger partial charge in [-0.15, -0.1) is 0 Å². The van der Waals surface area contributed by atoms with Gasteiger partial charge >= 0.3 is 23.9 Å². The van der Waals surface area contributed by atoms with E-state index in [0.29, 0.717) is 53.6 Å². The lowest BCUT2D eigenvalue weighted by atomic mass is 9.94. The summed E-state index contributed by atoms with van der Waals surface area (Å²) in [7, 11) is 0. The summed E-state index contributed by atoms with van der Waals surface area (Å²) < 4.78 is 27.2. The third-order valence-corrected chi connectivity index (χ3v) is 8.57. The monoisotopic (exact) mass is 714 g/mol. The highest BCUT2D eigenvalue weighted by Crippen LogP contribution is 2.35. The number of unbranched alkanes of at least 4 members (excludes halogenated alkanes) is 4. The standard InChI is InChI=1S/C44H42O9/c1-4-7-12-39-38-25-16-31-29-32(44(48)52-35-22-20-33(21-23-35)50-28-11-9-8-10-13-42(46)49-6-3)17-24-36(31)37(38)26-27-40(39)53-43(47)30-14-18-34(19-15-30)51-41(45)5-2/h5-6,14-27,29H,2-4,7-13,28H2,1H3. The third kappa shape index (κ3) is 10.4. The van der Waals surface area contributed by atoms with Crippen molar-refractivity contribution in [2.24, 2.45) is 0 Å². The topological polar surface area (TPSA) is 114 Å². The molecule has 0 saturated heterocycles. The molecule has 0 heterocycles. The lowest BCUT2D eigenvalue weighted by Gasteiger charge is -2.15. The number of hydrogen-bond acceptors (Lipinski definition) is 9. The van der Waals surface area contributed by atoms with E-state index in [1.165, 1.54) is 12.1 Å². The van der Waals surface area contributed by atoms with E-state index in [2.05, 4.69) is 20.1 Å². The molecule has 0 bridgehead atoms. The van der Waals surface area contributed by atoms with Crippen molar-refractivity contribution in [3.05, 3.63) is 133 Å². The first-order valence-electron chi connectivity index (χ1n) is 17.7. The van der Waals surface area contributed by atoms with Crippen molar-refractivity contribution >= 4 is 45.4 Å². The van der Waals surface area contributed by atoms with Crippen LogP contribution >= 0.6 is 0 Å². The molecule has 0 aliphatic rings. The van der Waals surface area contributed by atoms with Crippen LogP contribution < -0.4 is 18.9 Å². The van der Waals surface area contributed by atoms with E-state index in [4.69, 9.17) is 23.7 Å². The Labute approximate surface area is 308 Å². The van der Waals surface area contributed by atoms with Crippen molar-refractivity contribution < 1.29 is 42.9 Å². The van der Waals surface area contributed by atoms with E-state index in [-0.39, 0.29) is 5.97 Å². The van der Waals surface area contributed by atoms with Gasteiger partial charge in [-0.1, -0.05) is 63.6 Å². The molecule has 0 atom stereocenters. The van der Waals surface area contributed by atoms with Crippen LogP contribution in [0.1, 0.15) is 78.1 Å². The quantitative estimate of drug-likeness (QED) is 0.0218. The number of carbonyl (C=O) groups is 4. The Morgan fingerprint density at radius 3 is 2.00 bits per heavy atom. The van der Waals surface area contributed by atoms with E-state index in [1.807, 2.05) is 36.4 Å². The normalized spacial score (nSPS) is 10.7. The molecule has 0 aliphatic heterocycles. The predicted molar refractivity (Wildman–Crippen MR) is 204 cm³/mol. The smallest absolute Gasteiger partial charge is 0.343 e. The zero-order valence-electron chi connectivity index (χ0n) is 29.8. The number of ether oxygens (including phenoxy) is 5. The summed E-state index contributed by atoms with van der Waals surface area (Å²) in [5.41, 5.74) is 1.66. The van der Waals surface area contributed by atoms with Crippen molar-refractivity contribution in [1.82, 2.24) is 0 Å². The number of aryl methyl sites for hydroxylation is 1. The number of carbonyl (C=O) groups excluding carboxylic acids is 4. The summed E-state index contributed by atoms with van der Waals surface area (Å²) in [5, 5.41) is 3.77. The average Bonchev–Trinajstić information content (AvgIpc) is 3.17. The first-order chi connectivity index (χ1) is 25.8. The molecule has 5 aromatic rings. The minimum atomic E-state index is -0.586. The van der Waals surface area contributed by atoms with E-state index >= 15 is 0 Å². The molecule has 0 fully saturated rings. The van der Waals surface area contributed by atoms with Gasteiger partial charge in [0.25, 0.3) is 0 Å².